The quantitative estimate of drug-likeness (QED) is 0.668. The van der Waals surface area contributed by atoms with Crippen LogP contribution in [0.15, 0.2) is 18.2 Å². The van der Waals surface area contributed by atoms with Crippen LogP contribution in [-0.4, -0.2) is 30.8 Å². The van der Waals surface area contributed by atoms with E-state index in [1.165, 1.54) is 0 Å². The lowest BCUT2D eigenvalue weighted by Crippen LogP contribution is -2.30. The average molecular weight is 246 g/mol. The second-order valence-electron chi connectivity index (χ2n) is 3.55. The Kier molecular flexibility index (Phi) is 4.51. The van der Waals surface area contributed by atoms with Gasteiger partial charge in [0.1, 0.15) is 12.4 Å². The van der Waals surface area contributed by atoms with E-state index in [4.69, 9.17) is 15.6 Å². The zero-order valence-corrected chi connectivity index (χ0v) is 9.54. The van der Waals surface area contributed by atoms with Gasteiger partial charge >= 0.3 is 0 Å². The van der Waals surface area contributed by atoms with E-state index in [9.17, 15) is 8.78 Å². The van der Waals surface area contributed by atoms with Gasteiger partial charge in [-0.3, -0.25) is 0 Å². The minimum absolute atomic E-state index is 0.445. The number of nitrogens with one attached hydrogen (secondary N) is 1. The molecule has 6 heteroatoms. The number of ether oxygens (including phenoxy) is 1. The average Bonchev–Trinajstić information content (AvgIpc) is 2.31. The van der Waals surface area contributed by atoms with E-state index in [0.29, 0.717) is 23.7 Å². The molecule has 0 unspecified atom stereocenters. The summed E-state index contributed by atoms with van der Waals surface area (Å²) >= 11 is 0. The van der Waals surface area contributed by atoms with Crippen molar-refractivity contribution in [1.82, 2.24) is 0 Å². The van der Waals surface area contributed by atoms with Crippen LogP contribution >= 0.6 is 0 Å². The highest BCUT2D eigenvalue weighted by Gasteiger charge is 2.27. The van der Waals surface area contributed by atoms with Gasteiger partial charge in [-0.2, -0.15) is 0 Å². The van der Waals surface area contributed by atoms with E-state index in [2.05, 4.69) is 5.32 Å². The number of rotatable bonds is 6. The van der Waals surface area contributed by atoms with Gasteiger partial charge < -0.3 is 20.9 Å². The molecule has 0 saturated heterocycles. The Morgan fingerprint density at radius 1 is 1.47 bits per heavy atom. The molecular weight excluding hydrogens is 230 g/mol. The molecule has 0 bridgehead atoms. The molecule has 0 fully saturated rings. The van der Waals surface area contributed by atoms with Crippen LogP contribution < -0.4 is 15.8 Å². The van der Waals surface area contributed by atoms with Gasteiger partial charge in [0.15, 0.2) is 0 Å². The van der Waals surface area contributed by atoms with Gasteiger partial charge in [-0.25, -0.2) is 8.78 Å². The monoisotopic (exact) mass is 246 g/mol. The molecule has 96 valence electrons. The summed E-state index contributed by atoms with van der Waals surface area (Å²) < 4.78 is 30.8. The van der Waals surface area contributed by atoms with E-state index in [1.807, 2.05) is 0 Å². The number of nitrogen functional groups attached to an aromatic ring is 1. The molecule has 0 radical (unpaired) electrons. The molecule has 0 aliphatic carbocycles. The summed E-state index contributed by atoms with van der Waals surface area (Å²) in [5.74, 6) is -2.70. The van der Waals surface area contributed by atoms with Crippen LogP contribution in [0, 0.1) is 0 Å². The van der Waals surface area contributed by atoms with E-state index in [-0.39, 0.29) is 0 Å². The number of anilines is 2. The first-order chi connectivity index (χ1) is 7.98. The van der Waals surface area contributed by atoms with Crippen molar-refractivity contribution in [3.8, 4) is 5.75 Å². The number of halogens is 2. The van der Waals surface area contributed by atoms with Gasteiger partial charge in [0.05, 0.1) is 18.8 Å². The number of benzene rings is 1. The first kappa shape index (κ1) is 13.5. The molecule has 0 amide bonds. The highest BCUT2D eigenvalue weighted by Crippen LogP contribution is 2.26. The molecule has 17 heavy (non-hydrogen) atoms. The molecule has 0 spiro atoms. The van der Waals surface area contributed by atoms with Crippen LogP contribution in [0.2, 0.25) is 0 Å². The van der Waals surface area contributed by atoms with Gasteiger partial charge in [-0.05, 0) is 19.1 Å². The second-order valence-corrected chi connectivity index (χ2v) is 3.55. The summed E-state index contributed by atoms with van der Waals surface area (Å²) in [5, 5.41) is 10.9. The standard InChI is InChI=1S/C11H16F2N2O2/c1-2-17-10-5-8(3-4-9(10)14)15-6-11(12,13)7-16/h3-5,15-16H,2,6-7,14H2,1H3. The first-order valence-electron chi connectivity index (χ1n) is 5.23. The summed E-state index contributed by atoms with van der Waals surface area (Å²) in [6.07, 6.45) is 0. The molecule has 4 nitrogen and oxygen atoms in total. The van der Waals surface area contributed by atoms with Crippen LogP contribution in [0.5, 0.6) is 5.75 Å². The van der Waals surface area contributed by atoms with E-state index >= 15 is 0 Å². The zero-order valence-electron chi connectivity index (χ0n) is 9.54. The number of aliphatic hydroxyl groups is 1. The molecule has 0 heterocycles. The van der Waals surface area contributed by atoms with Gasteiger partial charge in [0, 0.05) is 11.8 Å². The third-order valence-electron chi connectivity index (χ3n) is 2.10. The lowest BCUT2D eigenvalue weighted by Gasteiger charge is -2.16. The van der Waals surface area contributed by atoms with Crippen LogP contribution in [0.4, 0.5) is 20.2 Å². The van der Waals surface area contributed by atoms with Crippen molar-refractivity contribution in [2.75, 3.05) is 30.8 Å². The number of alkyl halides is 2. The fourth-order valence-electron chi connectivity index (χ4n) is 1.21. The molecule has 1 rings (SSSR count). The highest BCUT2D eigenvalue weighted by molar-refractivity contribution is 5.61. The van der Waals surface area contributed by atoms with Crippen LogP contribution in [0.3, 0.4) is 0 Å². The number of hydrogen-bond acceptors (Lipinski definition) is 4. The predicted molar refractivity (Wildman–Crippen MR) is 62.5 cm³/mol. The molecule has 0 aromatic heterocycles. The van der Waals surface area contributed by atoms with Gasteiger partial charge in [0.2, 0.25) is 0 Å². The van der Waals surface area contributed by atoms with Gasteiger partial charge in [0.25, 0.3) is 5.92 Å². The van der Waals surface area contributed by atoms with Crippen molar-refractivity contribution >= 4 is 11.4 Å². The Morgan fingerprint density at radius 3 is 2.76 bits per heavy atom. The Hall–Kier alpha value is -1.56. The Morgan fingerprint density at radius 2 is 2.18 bits per heavy atom. The van der Waals surface area contributed by atoms with Crippen molar-refractivity contribution < 1.29 is 18.6 Å². The lowest BCUT2D eigenvalue weighted by atomic mass is 10.2. The summed E-state index contributed by atoms with van der Waals surface area (Å²) in [7, 11) is 0. The van der Waals surface area contributed by atoms with Gasteiger partial charge in [-0.15, -0.1) is 0 Å². The van der Waals surface area contributed by atoms with E-state index in [1.54, 1.807) is 25.1 Å². The normalized spacial score (nSPS) is 11.3. The highest BCUT2D eigenvalue weighted by atomic mass is 19.3. The van der Waals surface area contributed by atoms with Crippen molar-refractivity contribution in [3.05, 3.63) is 18.2 Å². The Labute approximate surface area is 98.4 Å². The summed E-state index contributed by atoms with van der Waals surface area (Å²) in [6.45, 7) is 0.423. The predicted octanol–water partition coefficient (Wildman–Crippen LogP) is 1.71. The minimum atomic E-state index is -3.15. The summed E-state index contributed by atoms with van der Waals surface area (Å²) in [4.78, 5) is 0. The van der Waals surface area contributed by atoms with Gasteiger partial charge in [-0.1, -0.05) is 0 Å². The molecule has 0 saturated carbocycles. The fourth-order valence-corrected chi connectivity index (χ4v) is 1.21. The SMILES string of the molecule is CCOc1cc(NCC(F)(F)CO)ccc1N. The Balaban J connectivity index is 2.69. The third kappa shape index (κ3) is 4.07. The number of aliphatic hydroxyl groups excluding tert-OH is 1. The molecule has 0 aliphatic heterocycles. The topological polar surface area (TPSA) is 67.5 Å². The minimum Gasteiger partial charge on any atom is -0.492 e. The lowest BCUT2D eigenvalue weighted by molar-refractivity contribution is -0.0372. The second kappa shape index (κ2) is 5.67. The maximum Gasteiger partial charge on any atom is 0.287 e. The largest absolute Gasteiger partial charge is 0.492 e. The molecule has 1 aromatic rings. The third-order valence-corrected chi connectivity index (χ3v) is 2.10. The van der Waals surface area contributed by atoms with Crippen molar-refractivity contribution in [3.63, 3.8) is 0 Å². The van der Waals surface area contributed by atoms with Crippen molar-refractivity contribution in [1.29, 1.82) is 0 Å². The van der Waals surface area contributed by atoms with Crippen LogP contribution in [-0.2, 0) is 0 Å². The fraction of sp³-hybridized carbons (Fsp3) is 0.455. The maximum absolute atomic E-state index is 12.8. The van der Waals surface area contributed by atoms with Crippen molar-refractivity contribution in [2.45, 2.75) is 12.8 Å². The van der Waals surface area contributed by atoms with Crippen LogP contribution in [0.1, 0.15) is 6.92 Å². The number of hydrogen-bond donors (Lipinski definition) is 3. The maximum atomic E-state index is 12.8. The summed E-state index contributed by atoms with van der Waals surface area (Å²) in [5.41, 5.74) is 6.56. The molecule has 0 aliphatic rings. The number of nitrogens with two attached hydrogens (primary N) is 1. The van der Waals surface area contributed by atoms with Crippen LogP contribution in [0.25, 0.3) is 0 Å². The van der Waals surface area contributed by atoms with E-state index in [0.717, 1.165) is 0 Å². The molecule has 0 atom stereocenters. The molecular formula is C11H16F2N2O2. The summed E-state index contributed by atoms with van der Waals surface area (Å²) in [6, 6.07) is 4.70. The smallest absolute Gasteiger partial charge is 0.287 e. The molecule has 4 N–H and O–H groups in total. The van der Waals surface area contributed by atoms with Crippen molar-refractivity contribution in [2.24, 2.45) is 0 Å². The zero-order chi connectivity index (χ0) is 12.9. The molecule has 1 aromatic carbocycles. The Bertz CT molecular complexity index is 372. The first-order valence-corrected chi connectivity index (χ1v) is 5.23. The van der Waals surface area contributed by atoms with E-state index < -0.39 is 19.1 Å².